The average Bonchev–Trinajstić information content (AvgIpc) is 2.31. The van der Waals surface area contributed by atoms with Gasteiger partial charge in [-0.1, -0.05) is 0 Å². The normalized spacial score (nSPS) is 10.6. The van der Waals surface area contributed by atoms with E-state index in [2.05, 4.69) is 0 Å². The van der Waals surface area contributed by atoms with Crippen molar-refractivity contribution >= 4 is 0 Å². The van der Waals surface area contributed by atoms with Crippen LogP contribution in [0.2, 0.25) is 0 Å². The topological polar surface area (TPSA) is 60.7 Å². The molecule has 0 aromatic heterocycles. The number of hydrogen-bond acceptors (Lipinski definition) is 3. The highest BCUT2D eigenvalue weighted by Crippen LogP contribution is 2.41. The molecule has 0 spiro atoms. The maximum atomic E-state index is 10.1. The van der Waals surface area contributed by atoms with Gasteiger partial charge in [0.05, 0.1) is 0 Å². The second kappa shape index (κ2) is 4.26. The number of aryl methyl sites for hydroxylation is 1. The number of rotatable bonds is 1. The van der Waals surface area contributed by atoms with Crippen LogP contribution in [0.5, 0.6) is 17.2 Å². The zero-order valence-corrected chi connectivity index (χ0v) is 10.7. The van der Waals surface area contributed by atoms with E-state index in [4.69, 9.17) is 0 Å². The molecule has 0 saturated heterocycles. The Kier molecular flexibility index (Phi) is 2.91. The van der Waals surface area contributed by atoms with Crippen LogP contribution < -0.4 is 0 Å². The molecule has 3 N–H and O–H groups in total. The maximum absolute atomic E-state index is 10.1. The maximum Gasteiger partial charge on any atom is 0.124 e. The van der Waals surface area contributed by atoms with Gasteiger partial charge in [-0.05, 0) is 61.7 Å². The lowest BCUT2D eigenvalue weighted by Gasteiger charge is -2.15. The first-order valence-corrected chi connectivity index (χ1v) is 5.74. The molecule has 0 radical (unpaired) electrons. The van der Waals surface area contributed by atoms with Gasteiger partial charge < -0.3 is 15.3 Å². The molecule has 0 aliphatic rings. The highest BCUT2D eigenvalue weighted by Gasteiger charge is 2.15. The minimum absolute atomic E-state index is 0.0365. The van der Waals surface area contributed by atoms with E-state index in [0.717, 1.165) is 16.7 Å². The molecule has 0 heterocycles. The van der Waals surface area contributed by atoms with Gasteiger partial charge in [0, 0.05) is 11.1 Å². The average molecular weight is 244 g/mol. The van der Waals surface area contributed by atoms with Crippen LogP contribution in [0.4, 0.5) is 0 Å². The van der Waals surface area contributed by atoms with Gasteiger partial charge in [0.2, 0.25) is 0 Å². The Morgan fingerprint density at radius 2 is 1.44 bits per heavy atom. The molecule has 2 aromatic carbocycles. The largest absolute Gasteiger partial charge is 0.508 e. The molecule has 0 fully saturated rings. The van der Waals surface area contributed by atoms with E-state index >= 15 is 0 Å². The van der Waals surface area contributed by atoms with Crippen molar-refractivity contribution in [3.05, 3.63) is 41.0 Å². The molecule has 0 aliphatic heterocycles. The van der Waals surface area contributed by atoms with Crippen LogP contribution in [0.25, 0.3) is 11.1 Å². The van der Waals surface area contributed by atoms with Crippen molar-refractivity contribution in [1.29, 1.82) is 0 Å². The van der Waals surface area contributed by atoms with Crippen LogP contribution in [-0.2, 0) is 0 Å². The van der Waals surface area contributed by atoms with Crippen molar-refractivity contribution < 1.29 is 15.3 Å². The van der Waals surface area contributed by atoms with E-state index in [1.807, 2.05) is 20.8 Å². The first-order chi connectivity index (χ1) is 8.41. The molecule has 3 nitrogen and oxygen atoms in total. The second-order valence-electron chi connectivity index (χ2n) is 4.54. The lowest BCUT2D eigenvalue weighted by atomic mass is 9.92. The molecule has 3 heteroatoms. The summed E-state index contributed by atoms with van der Waals surface area (Å²) in [4.78, 5) is 0. The minimum Gasteiger partial charge on any atom is -0.508 e. The van der Waals surface area contributed by atoms with Crippen LogP contribution in [0.3, 0.4) is 0 Å². The van der Waals surface area contributed by atoms with Crippen molar-refractivity contribution in [1.82, 2.24) is 0 Å². The van der Waals surface area contributed by atoms with Gasteiger partial charge in [0.1, 0.15) is 17.2 Å². The van der Waals surface area contributed by atoms with E-state index in [1.54, 1.807) is 6.07 Å². The molecular weight excluding hydrogens is 228 g/mol. The number of hydrogen-bond donors (Lipinski definition) is 3. The first-order valence-electron chi connectivity index (χ1n) is 5.74. The van der Waals surface area contributed by atoms with E-state index in [1.165, 1.54) is 18.2 Å². The van der Waals surface area contributed by atoms with Gasteiger partial charge in [-0.3, -0.25) is 0 Å². The van der Waals surface area contributed by atoms with Gasteiger partial charge in [-0.2, -0.15) is 0 Å². The van der Waals surface area contributed by atoms with Crippen molar-refractivity contribution in [2.24, 2.45) is 0 Å². The number of phenols is 3. The highest BCUT2D eigenvalue weighted by atomic mass is 16.3. The van der Waals surface area contributed by atoms with E-state index in [9.17, 15) is 15.3 Å². The molecule has 0 amide bonds. The number of aromatic hydroxyl groups is 3. The Morgan fingerprint density at radius 3 is 2.11 bits per heavy atom. The van der Waals surface area contributed by atoms with Gasteiger partial charge in [-0.15, -0.1) is 0 Å². The van der Waals surface area contributed by atoms with Crippen molar-refractivity contribution in [2.75, 3.05) is 0 Å². The Hall–Kier alpha value is -2.16. The molecule has 0 unspecified atom stereocenters. The predicted octanol–water partition coefficient (Wildman–Crippen LogP) is 3.40. The van der Waals surface area contributed by atoms with Gasteiger partial charge in [0.25, 0.3) is 0 Å². The van der Waals surface area contributed by atoms with Crippen LogP contribution >= 0.6 is 0 Å². The van der Waals surface area contributed by atoms with E-state index < -0.39 is 0 Å². The lowest BCUT2D eigenvalue weighted by molar-refractivity contribution is 0.459. The zero-order valence-electron chi connectivity index (χ0n) is 10.7. The fourth-order valence-electron chi connectivity index (χ4n) is 2.13. The molecule has 0 aliphatic carbocycles. The van der Waals surface area contributed by atoms with Crippen molar-refractivity contribution in [3.8, 4) is 28.4 Å². The Balaban J connectivity index is 2.79. The summed E-state index contributed by atoms with van der Waals surface area (Å²) in [5.41, 5.74) is 3.95. The molecular formula is C15H16O3. The third kappa shape index (κ3) is 1.88. The Labute approximate surface area is 106 Å². The molecule has 18 heavy (non-hydrogen) atoms. The molecule has 94 valence electrons. The molecule has 0 atom stereocenters. The zero-order chi connectivity index (χ0) is 13.4. The molecule has 2 rings (SSSR count). The van der Waals surface area contributed by atoms with Crippen molar-refractivity contribution in [2.45, 2.75) is 20.8 Å². The smallest absolute Gasteiger partial charge is 0.124 e. The van der Waals surface area contributed by atoms with E-state index in [0.29, 0.717) is 11.1 Å². The fraction of sp³-hybridized carbons (Fsp3) is 0.200. The monoisotopic (exact) mass is 244 g/mol. The summed E-state index contributed by atoms with van der Waals surface area (Å²) >= 11 is 0. The van der Waals surface area contributed by atoms with E-state index in [-0.39, 0.29) is 17.2 Å². The van der Waals surface area contributed by atoms with Crippen LogP contribution in [0, 0.1) is 20.8 Å². The van der Waals surface area contributed by atoms with Crippen LogP contribution in [0.15, 0.2) is 24.3 Å². The third-order valence-corrected chi connectivity index (χ3v) is 3.39. The standard InChI is InChI=1S/C15H16O3/c1-8-6-14(18)15(10(3)9(8)2)12-7-11(16)4-5-13(12)17/h4-7,16-18H,1-3H3. The second-order valence-corrected chi connectivity index (χ2v) is 4.54. The van der Waals surface area contributed by atoms with Crippen molar-refractivity contribution in [3.63, 3.8) is 0 Å². The summed E-state index contributed by atoms with van der Waals surface area (Å²) in [7, 11) is 0. The molecule has 0 saturated carbocycles. The number of phenolic OH excluding ortho intramolecular Hbond substituents is 3. The summed E-state index contributed by atoms with van der Waals surface area (Å²) in [6, 6.07) is 5.94. The summed E-state index contributed by atoms with van der Waals surface area (Å²) in [5, 5.41) is 29.5. The van der Waals surface area contributed by atoms with Crippen LogP contribution in [-0.4, -0.2) is 15.3 Å². The fourth-order valence-corrected chi connectivity index (χ4v) is 2.13. The van der Waals surface area contributed by atoms with Crippen LogP contribution in [0.1, 0.15) is 16.7 Å². The van der Waals surface area contributed by atoms with Gasteiger partial charge in [0.15, 0.2) is 0 Å². The SMILES string of the molecule is Cc1cc(O)c(-c2cc(O)ccc2O)c(C)c1C. The summed E-state index contributed by atoms with van der Waals surface area (Å²) < 4.78 is 0. The highest BCUT2D eigenvalue weighted by molar-refractivity contribution is 5.80. The third-order valence-electron chi connectivity index (χ3n) is 3.39. The predicted molar refractivity (Wildman–Crippen MR) is 71.1 cm³/mol. The molecule has 2 aromatic rings. The quantitative estimate of drug-likeness (QED) is 0.674. The van der Waals surface area contributed by atoms with Gasteiger partial charge >= 0.3 is 0 Å². The summed E-state index contributed by atoms with van der Waals surface area (Å²) in [6.45, 7) is 5.78. The summed E-state index contributed by atoms with van der Waals surface area (Å²) in [6.07, 6.45) is 0. The molecule has 0 bridgehead atoms. The minimum atomic E-state index is 0.0365. The first kappa shape index (κ1) is 12.3. The Bertz CT molecular complexity index is 616. The lowest BCUT2D eigenvalue weighted by Crippen LogP contribution is -1.92. The Morgan fingerprint density at radius 1 is 0.778 bits per heavy atom. The van der Waals surface area contributed by atoms with Gasteiger partial charge in [-0.25, -0.2) is 0 Å². The summed E-state index contributed by atoms with van der Waals surface area (Å²) in [5.74, 6) is 0.200. The number of benzene rings is 2.